The second kappa shape index (κ2) is 10.0. The molecule has 36 heavy (non-hydrogen) atoms. The van der Waals surface area contributed by atoms with Crippen LogP contribution in [0.3, 0.4) is 0 Å². The monoisotopic (exact) mass is 502 g/mol. The lowest BCUT2D eigenvalue weighted by molar-refractivity contribution is -0.118. The molecule has 6 nitrogen and oxygen atoms in total. The summed E-state index contributed by atoms with van der Waals surface area (Å²) in [5.41, 5.74) is 3.91. The van der Waals surface area contributed by atoms with Crippen LogP contribution in [0.15, 0.2) is 88.4 Å². The van der Waals surface area contributed by atoms with E-state index in [0.29, 0.717) is 4.90 Å². The fraction of sp³-hybridized carbons (Fsp3) is 0.276. The summed E-state index contributed by atoms with van der Waals surface area (Å²) in [5, 5.41) is 13.6. The Morgan fingerprint density at radius 3 is 2.50 bits per heavy atom. The van der Waals surface area contributed by atoms with E-state index in [2.05, 4.69) is 10.0 Å². The summed E-state index contributed by atoms with van der Waals surface area (Å²) in [6, 6.07) is 22.9. The highest BCUT2D eigenvalue weighted by Gasteiger charge is 2.51. The minimum atomic E-state index is -1.41. The third kappa shape index (κ3) is 4.87. The van der Waals surface area contributed by atoms with Gasteiger partial charge in [-0.05, 0) is 71.8 Å². The van der Waals surface area contributed by atoms with Crippen LogP contribution in [0.5, 0.6) is 0 Å². The number of furan rings is 1. The van der Waals surface area contributed by atoms with Gasteiger partial charge in [-0.1, -0.05) is 50.2 Å². The largest absolute Gasteiger partial charge is 0.464 e. The molecule has 1 heterocycles. The van der Waals surface area contributed by atoms with Gasteiger partial charge in [0.1, 0.15) is 16.6 Å². The topological polar surface area (TPSA) is 91.6 Å². The summed E-state index contributed by atoms with van der Waals surface area (Å²) in [4.78, 5) is 13.9. The zero-order chi connectivity index (χ0) is 25.3. The fourth-order valence-corrected chi connectivity index (χ4v) is 5.55. The van der Waals surface area contributed by atoms with Gasteiger partial charge in [0.25, 0.3) is 0 Å². The van der Waals surface area contributed by atoms with Gasteiger partial charge in [0, 0.05) is 17.1 Å². The van der Waals surface area contributed by atoms with Crippen molar-refractivity contribution in [1.29, 1.82) is 0 Å². The number of fused-ring (bicyclic) bond motifs is 1. The molecular weight excluding hydrogens is 472 g/mol. The number of anilines is 1. The molecular formula is C29H30N2O4S. The Hall–Kier alpha value is -3.26. The molecule has 0 spiro atoms. The number of carbonyl (C=O) groups is 1. The first-order chi connectivity index (χ1) is 17.4. The van der Waals surface area contributed by atoms with Gasteiger partial charge in [0.05, 0.1) is 23.2 Å². The summed E-state index contributed by atoms with van der Waals surface area (Å²) >= 11 is 0. The maximum absolute atomic E-state index is 13.3. The van der Waals surface area contributed by atoms with Crippen molar-refractivity contribution in [2.75, 3.05) is 11.9 Å². The lowest BCUT2D eigenvalue weighted by atomic mass is 9.94. The van der Waals surface area contributed by atoms with Gasteiger partial charge in [-0.3, -0.25) is 4.79 Å². The molecule has 1 aliphatic carbocycles. The molecule has 1 unspecified atom stereocenters. The number of hydrogen-bond donors (Lipinski definition) is 3. The number of rotatable bonds is 9. The van der Waals surface area contributed by atoms with E-state index in [4.69, 9.17) is 4.42 Å². The van der Waals surface area contributed by atoms with E-state index in [9.17, 15) is 14.1 Å². The molecule has 1 fully saturated rings. The quantitative estimate of drug-likeness (QED) is 0.286. The van der Waals surface area contributed by atoms with Gasteiger partial charge in [-0.25, -0.2) is 8.93 Å². The number of amides is 1. The van der Waals surface area contributed by atoms with Crippen molar-refractivity contribution in [2.24, 2.45) is 5.92 Å². The zero-order valence-electron chi connectivity index (χ0n) is 20.4. The average Bonchev–Trinajstić information content (AvgIpc) is 3.58. The normalized spacial score (nSPS) is 16.1. The molecule has 4 aromatic rings. The van der Waals surface area contributed by atoms with Crippen LogP contribution in [0.2, 0.25) is 0 Å². The SMILES string of the molecule is CC(C)[C@H](CO)NS(=O)c1ccc(-c2cccc(NC(=O)C3(c4ccc5ccoc5c4)CC3)c2)cc1. The predicted octanol–water partition coefficient (Wildman–Crippen LogP) is 5.40. The average molecular weight is 503 g/mol. The van der Waals surface area contributed by atoms with Crippen LogP contribution in [0, 0.1) is 5.92 Å². The van der Waals surface area contributed by atoms with Gasteiger partial charge >= 0.3 is 0 Å². The van der Waals surface area contributed by atoms with Crippen LogP contribution in [0.4, 0.5) is 5.69 Å². The molecule has 7 heteroatoms. The van der Waals surface area contributed by atoms with Crippen LogP contribution in [-0.2, 0) is 21.2 Å². The van der Waals surface area contributed by atoms with Crippen molar-refractivity contribution in [3.8, 4) is 11.1 Å². The van der Waals surface area contributed by atoms with Crippen LogP contribution in [0.25, 0.3) is 22.1 Å². The first kappa shape index (κ1) is 24.4. The van der Waals surface area contributed by atoms with Gasteiger partial charge in [-0.2, -0.15) is 0 Å². The molecule has 1 saturated carbocycles. The van der Waals surface area contributed by atoms with E-state index in [1.54, 1.807) is 6.26 Å². The molecule has 186 valence electrons. The minimum absolute atomic E-state index is 0.00837. The Kier molecular flexibility index (Phi) is 6.79. The van der Waals surface area contributed by atoms with Gasteiger partial charge in [-0.15, -0.1) is 0 Å². The molecule has 0 aliphatic heterocycles. The highest BCUT2D eigenvalue weighted by atomic mass is 32.2. The lowest BCUT2D eigenvalue weighted by Crippen LogP contribution is -2.38. The number of hydrogen-bond acceptors (Lipinski definition) is 4. The van der Waals surface area contributed by atoms with Gasteiger partial charge < -0.3 is 14.8 Å². The lowest BCUT2D eigenvalue weighted by Gasteiger charge is -2.19. The predicted molar refractivity (Wildman–Crippen MR) is 143 cm³/mol. The zero-order valence-corrected chi connectivity index (χ0v) is 21.2. The van der Waals surface area contributed by atoms with Crippen molar-refractivity contribution in [1.82, 2.24) is 4.72 Å². The molecule has 1 aromatic heterocycles. The standard InChI is InChI=1S/C29H30N2O4S/c1-19(2)26(18-32)31-36(34)25-10-7-20(8-11-25)22-4-3-5-24(16-22)30-28(33)29(13-14-29)23-9-6-21-12-15-35-27(21)17-23/h3-12,15-17,19,26,31-32H,13-14,18H2,1-2H3,(H,30,33)/t26-,36?/m0/s1. The highest BCUT2D eigenvalue weighted by molar-refractivity contribution is 7.83. The summed E-state index contributed by atoms with van der Waals surface area (Å²) in [7, 11) is -1.41. The Morgan fingerprint density at radius 1 is 1.03 bits per heavy atom. The third-order valence-corrected chi connectivity index (χ3v) is 8.19. The number of nitrogens with one attached hydrogen (secondary N) is 2. The smallest absolute Gasteiger partial charge is 0.235 e. The molecule has 3 aromatic carbocycles. The third-order valence-electron chi connectivity index (χ3n) is 6.98. The maximum Gasteiger partial charge on any atom is 0.235 e. The first-order valence-corrected chi connectivity index (χ1v) is 13.3. The van der Waals surface area contributed by atoms with Crippen molar-refractivity contribution in [2.45, 2.75) is 43.0 Å². The van der Waals surface area contributed by atoms with Crippen LogP contribution >= 0.6 is 0 Å². The summed E-state index contributed by atoms with van der Waals surface area (Å²) < 4.78 is 21.2. The fourth-order valence-electron chi connectivity index (χ4n) is 4.41. The first-order valence-electron chi connectivity index (χ1n) is 12.2. The van der Waals surface area contributed by atoms with E-state index < -0.39 is 16.4 Å². The number of aliphatic hydroxyl groups excluding tert-OH is 1. The second-order valence-electron chi connectivity index (χ2n) is 9.73. The summed E-state index contributed by atoms with van der Waals surface area (Å²) in [6.45, 7) is 3.88. The van der Waals surface area contributed by atoms with Crippen LogP contribution in [-0.4, -0.2) is 27.9 Å². The summed E-state index contributed by atoms with van der Waals surface area (Å²) in [5.74, 6) is 0.157. The van der Waals surface area contributed by atoms with E-state index in [1.807, 2.05) is 86.6 Å². The minimum Gasteiger partial charge on any atom is -0.464 e. The molecule has 1 aliphatic rings. The van der Waals surface area contributed by atoms with E-state index >= 15 is 0 Å². The molecule has 1 amide bonds. The molecule has 3 N–H and O–H groups in total. The summed E-state index contributed by atoms with van der Waals surface area (Å²) in [6.07, 6.45) is 3.29. The highest BCUT2D eigenvalue weighted by Crippen LogP contribution is 2.49. The molecule has 2 atom stereocenters. The molecule has 0 radical (unpaired) electrons. The Balaban J connectivity index is 1.29. The molecule has 0 saturated heterocycles. The number of aliphatic hydroxyl groups is 1. The van der Waals surface area contributed by atoms with E-state index in [1.165, 1.54) is 0 Å². The molecule has 0 bridgehead atoms. The van der Waals surface area contributed by atoms with Crippen molar-refractivity contribution in [3.63, 3.8) is 0 Å². The second-order valence-corrected chi connectivity index (χ2v) is 11.0. The van der Waals surface area contributed by atoms with Crippen molar-refractivity contribution >= 4 is 33.5 Å². The Bertz CT molecular complexity index is 1410. The van der Waals surface area contributed by atoms with E-state index in [0.717, 1.165) is 46.2 Å². The van der Waals surface area contributed by atoms with Crippen molar-refractivity contribution in [3.05, 3.63) is 84.6 Å². The Labute approximate surface area is 213 Å². The number of carbonyl (C=O) groups excluding carboxylic acids is 1. The van der Waals surface area contributed by atoms with Crippen LogP contribution in [0.1, 0.15) is 32.3 Å². The number of benzene rings is 3. The maximum atomic E-state index is 13.3. The van der Waals surface area contributed by atoms with E-state index in [-0.39, 0.29) is 24.5 Å². The van der Waals surface area contributed by atoms with Gasteiger partial charge in [0.15, 0.2) is 0 Å². The van der Waals surface area contributed by atoms with Crippen molar-refractivity contribution < 1.29 is 18.5 Å². The van der Waals surface area contributed by atoms with Gasteiger partial charge in [0.2, 0.25) is 5.91 Å². The van der Waals surface area contributed by atoms with Crippen LogP contribution < -0.4 is 10.0 Å². The molecule has 5 rings (SSSR count). The Morgan fingerprint density at radius 2 is 1.81 bits per heavy atom.